The third kappa shape index (κ3) is 6.03. The third-order valence-corrected chi connectivity index (χ3v) is 4.84. The maximum Gasteiger partial charge on any atom is 0.407 e. The summed E-state index contributed by atoms with van der Waals surface area (Å²) in [5.41, 5.74) is 0.643. The summed E-state index contributed by atoms with van der Waals surface area (Å²) in [6.45, 7) is 6.63. The molecule has 0 spiro atoms. The molecule has 2 N–H and O–H groups in total. The van der Waals surface area contributed by atoms with E-state index in [0.717, 1.165) is 5.56 Å². The molecular formula is C23H28FN3O3. The summed E-state index contributed by atoms with van der Waals surface area (Å²) in [5, 5.41) is 5.56. The summed E-state index contributed by atoms with van der Waals surface area (Å²) in [7, 11) is 0. The Morgan fingerprint density at radius 3 is 2.40 bits per heavy atom. The van der Waals surface area contributed by atoms with Gasteiger partial charge in [-0.05, 0) is 38.5 Å². The van der Waals surface area contributed by atoms with Crippen molar-refractivity contribution in [3.05, 3.63) is 66.0 Å². The molecule has 3 rings (SSSR count). The molecule has 7 heteroatoms. The SMILES string of the molecule is CC(C)(C)OC(=O)N[C@@H]1CN(CC(=O)Nc2ccccc2F)C[C@H]1c1ccccc1. The minimum atomic E-state index is -0.593. The van der Waals surface area contributed by atoms with Crippen molar-refractivity contribution in [1.29, 1.82) is 0 Å². The minimum Gasteiger partial charge on any atom is -0.444 e. The number of anilines is 1. The van der Waals surface area contributed by atoms with Gasteiger partial charge in [-0.15, -0.1) is 0 Å². The van der Waals surface area contributed by atoms with E-state index in [0.29, 0.717) is 13.1 Å². The summed E-state index contributed by atoms with van der Waals surface area (Å²) in [6.07, 6.45) is -0.480. The van der Waals surface area contributed by atoms with Crippen LogP contribution in [0.1, 0.15) is 32.3 Å². The lowest BCUT2D eigenvalue weighted by Gasteiger charge is -2.24. The van der Waals surface area contributed by atoms with Crippen LogP contribution < -0.4 is 10.6 Å². The van der Waals surface area contributed by atoms with Crippen molar-refractivity contribution < 1.29 is 18.7 Å². The van der Waals surface area contributed by atoms with E-state index in [-0.39, 0.29) is 30.1 Å². The third-order valence-electron chi connectivity index (χ3n) is 4.84. The van der Waals surface area contributed by atoms with Crippen LogP contribution in [0.4, 0.5) is 14.9 Å². The highest BCUT2D eigenvalue weighted by Gasteiger charge is 2.36. The Morgan fingerprint density at radius 1 is 1.07 bits per heavy atom. The fourth-order valence-corrected chi connectivity index (χ4v) is 3.61. The van der Waals surface area contributed by atoms with Crippen molar-refractivity contribution in [2.75, 3.05) is 25.0 Å². The Labute approximate surface area is 176 Å². The lowest BCUT2D eigenvalue weighted by atomic mass is 9.94. The lowest BCUT2D eigenvalue weighted by Crippen LogP contribution is -2.43. The van der Waals surface area contributed by atoms with Crippen LogP contribution in [0, 0.1) is 5.82 Å². The second-order valence-electron chi connectivity index (χ2n) is 8.49. The second-order valence-corrected chi connectivity index (χ2v) is 8.49. The highest BCUT2D eigenvalue weighted by atomic mass is 19.1. The first-order valence-corrected chi connectivity index (χ1v) is 10.0. The van der Waals surface area contributed by atoms with Gasteiger partial charge in [-0.3, -0.25) is 9.69 Å². The van der Waals surface area contributed by atoms with Gasteiger partial charge in [0.05, 0.1) is 18.3 Å². The monoisotopic (exact) mass is 413 g/mol. The fraction of sp³-hybridized carbons (Fsp3) is 0.391. The molecule has 0 aromatic heterocycles. The standard InChI is InChI=1S/C23H28FN3O3/c1-23(2,3)30-22(29)26-20-14-27(13-17(20)16-9-5-4-6-10-16)15-21(28)25-19-12-8-7-11-18(19)24/h4-12,17,20H,13-15H2,1-3H3,(H,25,28)(H,26,29)/t17-,20+/m0/s1. The number of nitrogens with one attached hydrogen (secondary N) is 2. The summed E-state index contributed by atoms with van der Waals surface area (Å²) < 4.78 is 19.2. The van der Waals surface area contributed by atoms with E-state index >= 15 is 0 Å². The molecular weight excluding hydrogens is 385 g/mol. The molecule has 1 aliphatic heterocycles. The number of ether oxygens (including phenoxy) is 1. The van der Waals surface area contributed by atoms with Crippen molar-refractivity contribution in [1.82, 2.24) is 10.2 Å². The zero-order valence-electron chi connectivity index (χ0n) is 17.5. The molecule has 1 fully saturated rings. The van der Waals surface area contributed by atoms with E-state index in [9.17, 15) is 14.0 Å². The molecule has 2 atom stereocenters. The predicted octanol–water partition coefficient (Wildman–Crippen LogP) is 3.76. The van der Waals surface area contributed by atoms with Gasteiger partial charge in [-0.25, -0.2) is 9.18 Å². The van der Waals surface area contributed by atoms with Gasteiger partial charge in [-0.1, -0.05) is 42.5 Å². The van der Waals surface area contributed by atoms with Crippen molar-refractivity contribution >= 4 is 17.7 Å². The van der Waals surface area contributed by atoms with Crippen LogP contribution in [0.3, 0.4) is 0 Å². The van der Waals surface area contributed by atoms with Crippen LogP contribution in [-0.2, 0) is 9.53 Å². The number of halogens is 1. The number of carbonyl (C=O) groups excluding carboxylic acids is 2. The molecule has 1 aliphatic rings. The molecule has 0 aliphatic carbocycles. The number of hydrogen-bond acceptors (Lipinski definition) is 4. The first-order chi connectivity index (χ1) is 14.2. The van der Waals surface area contributed by atoms with Gasteiger partial charge in [0.1, 0.15) is 11.4 Å². The molecule has 0 bridgehead atoms. The van der Waals surface area contributed by atoms with Gasteiger partial charge in [-0.2, -0.15) is 0 Å². The first-order valence-electron chi connectivity index (χ1n) is 10.0. The zero-order chi connectivity index (χ0) is 21.7. The van der Waals surface area contributed by atoms with E-state index in [1.54, 1.807) is 12.1 Å². The highest BCUT2D eigenvalue weighted by molar-refractivity contribution is 5.92. The normalized spacial score (nSPS) is 19.3. The molecule has 1 heterocycles. The van der Waals surface area contributed by atoms with Crippen molar-refractivity contribution in [2.24, 2.45) is 0 Å². The van der Waals surface area contributed by atoms with Crippen LogP contribution in [0.2, 0.25) is 0 Å². The van der Waals surface area contributed by atoms with E-state index < -0.39 is 17.5 Å². The molecule has 0 radical (unpaired) electrons. The Bertz CT molecular complexity index is 883. The number of carbonyl (C=O) groups is 2. The lowest BCUT2D eigenvalue weighted by molar-refractivity contribution is -0.117. The molecule has 0 saturated carbocycles. The van der Waals surface area contributed by atoms with Crippen molar-refractivity contribution in [3.63, 3.8) is 0 Å². The van der Waals surface area contributed by atoms with Gasteiger partial charge in [0.2, 0.25) is 5.91 Å². The Hall–Kier alpha value is -2.93. The quantitative estimate of drug-likeness (QED) is 0.783. The largest absolute Gasteiger partial charge is 0.444 e. The van der Waals surface area contributed by atoms with Crippen LogP contribution in [0.5, 0.6) is 0 Å². The van der Waals surface area contributed by atoms with Crippen molar-refractivity contribution in [2.45, 2.75) is 38.3 Å². The van der Waals surface area contributed by atoms with Crippen LogP contribution in [-0.4, -0.2) is 48.2 Å². The van der Waals surface area contributed by atoms with Crippen LogP contribution in [0.25, 0.3) is 0 Å². The number of benzene rings is 2. The number of nitrogens with zero attached hydrogens (tertiary/aromatic N) is 1. The maximum atomic E-state index is 13.8. The van der Waals surface area contributed by atoms with Crippen LogP contribution >= 0.6 is 0 Å². The molecule has 1 saturated heterocycles. The topological polar surface area (TPSA) is 70.7 Å². The molecule has 30 heavy (non-hydrogen) atoms. The Kier molecular flexibility index (Phi) is 6.72. The van der Waals surface area contributed by atoms with E-state index in [2.05, 4.69) is 10.6 Å². The number of likely N-dealkylation sites (tertiary alicyclic amines) is 1. The van der Waals surface area contributed by atoms with E-state index in [1.165, 1.54) is 12.1 Å². The van der Waals surface area contributed by atoms with Gasteiger partial charge < -0.3 is 15.4 Å². The summed E-state index contributed by atoms with van der Waals surface area (Å²) >= 11 is 0. The molecule has 2 aromatic carbocycles. The Morgan fingerprint density at radius 2 is 1.73 bits per heavy atom. The zero-order valence-corrected chi connectivity index (χ0v) is 17.5. The predicted molar refractivity (Wildman–Crippen MR) is 114 cm³/mol. The number of para-hydroxylation sites is 1. The summed E-state index contributed by atoms with van der Waals surface area (Å²) in [5.74, 6) is -0.760. The minimum absolute atomic E-state index is 0.0139. The van der Waals surface area contributed by atoms with Gasteiger partial charge >= 0.3 is 6.09 Å². The first kappa shape index (κ1) is 21.8. The molecule has 2 aromatic rings. The smallest absolute Gasteiger partial charge is 0.407 e. The molecule has 6 nitrogen and oxygen atoms in total. The number of alkyl carbamates (subject to hydrolysis) is 1. The number of hydrogen-bond donors (Lipinski definition) is 2. The summed E-state index contributed by atoms with van der Waals surface area (Å²) in [4.78, 5) is 26.7. The second kappa shape index (κ2) is 9.26. The molecule has 0 unspecified atom stereocenters. The van der Waals surface area contributed by atoms with Gasteiger partial charge in [0.25, 0.3) is 0 Å². The number of amides is 2. The van der Waals surface area contributed by atoms with E-state index in [4.69, 9.17) is 4.74 Å². The molecule has 2 amide bonds. The molecule has 160 valence electrons. The average molecular weight is 413 g/mol. The maximum absolute atomic E-state index is 13.8. The van der Waals surface area contributed by atoms with Gasteiger partial charge in [0.15, 0.2) is 0 Å². The number of rotatable bonds is 5. The van der Waals surface area contributed by atoms with Crippen molar-refractivity contribution in [3.8, 4) is 0 Å². The van der Waals surface area contributed by atoms with E-state index in [1.807, 2.05) is 56.0 Å². The average Bonchev–Trinajstić information content (AvgIpc) is 3.04. The van der Waals surface area contributed by atoms with Gasteiger partial charge in [0, 0.05) is 19.0 Å². The highest BCUT2D eigenvalue weighted by Crippen LogP contribution is 2.28. The van der Waals surface area contributed by atoms with Crippen LogP contribution in [0.15, 0.2) is 54.6 Å². The summed E-state index contributed by atoms with van der Waals surface area (Å²) in [6, 6.07) is 15.7. The Balaban J connectivity index is 1.67. The fourth-order valence-electron chi connectivity index (χ4n) is 3.61.